The first kappa shape index (κ1) is 26.4. The Morgan fingerprint density at radius 1 is 1.00 bits per heavy atom. The number of hydrogen-bond acceptors (Lipinski definition) is 8. The molecule has 3 N–H and O–H groups in total. The van der Waals surface area contributed by atoms with E-state index in [1.165, 1.54) is 38.4 Å². The van der Waals surface area contributed by atoms with Gasteiger partial charge < -0.3 is 10.5 Å². The number of ketones is 1. The summed E-state index contributed by atoms with van der Waals surface area (Å²) >= 11 is 0. The van der Waals surface area contributed by atoms with Crippen LogP contribution in [0.5, 0.6) is 0 Å². The molecule has 190 valence electrons. The highest BCUT2D eigenvalue weighted by Crippen LogP contribution is 2.26. The summed E-state index contributed by atoms with van der Waals surface area (Å²) in [7, 11) is -1.59. The van der Waals surface area contributed by atoms with Gasteiger partial charge in [0.1, 0.15) is 11.4 Å². The van der Waals surface area contributed by atoms with E-state index in [0.717, 1.165) is 10.1 Å². The summed E-state index contributed by atoms with van der Waals surface area (Å²) in [5, 5.41) is 0. The smallest absolute Gasteiger partial charge is 0.340 e. The van der Waals surface area contributed by atoms with E-state index < -0.39 is 45.2 Å². The molecule has 1 aromatic heterocycles. The number of aryl methyl sites for hydroxylation is 3. The van der Waals surface area contributed by atoms with Crippen LogP contribution in [0.25, 0.3) is 0 Å². The molecule has 0 saturated heterocycles. The number of Topliss-reactive ketones (excluding diaryl/α,β-unsaturated/α-hetero) is 1. The van der Waals surface area contributed by atoms with Crippen LogP contribution >= 0.6 is 0 Å². The van der Waals surface area contributed by atoms with E-state index in [1.54, 1.807) is 26.0 Å². The number of anilines is 2. The van der Waals surface area contributed by atoms with Gasteiger partial charge in [-0.05, 0) is 44.0 Å². The highest BCUT2D eigenvalue weighted by atomic mass is 32.2. The van der Waals surface area contributed by atoms with Crippen LogP contribution in [0.2, 0.25) is 0 Å². The first-order valence-corrected chi connectivity index (χ1v) is 12.2. The molecule has 11 nitrogen and oxygen atoms in total. The standard InChI is InChI=1S/C24H26N4O7S/c1-13-10-14(2)20(15(3)11-13)36(33,34)26-17-9-7-6-8-16(17)23(31)35-12-18(29)19-21(25)27(4)24(32)28(5)22(19)30/h6-11,26H,12,25H2,1-5H3. The number of benzene rings is 2. The van der Waals surface area contributed by atoms with Crippen molar-refractivity contribution < 1.29 is 22.7 Å². The fourth-order valence-corrected chi connectivity index (χ4v) is 5.47. The maximum absolute atomic E-state index is 13.2. The lowest BCUT2D eigenvalue weighted by molar-refractivity contribution is 0.0475. The van der Waals surface area contributed by atoms with E-state index in [0.29, 0.717) is 15.7 Å². The van der Waals surface area contributed by atoms with Gasteiger partial charge >= 0.3 is 11.7 Å². The molecule has 0 amide bonds. The van der Waals surface area contributed by atoms with Crippen molar-refractivity contribution in [2.45, 2.75) is 25.7 Å². The number of sulfonamides is 1. The Bertz CT molecular complexity index is 1600. The lowest BCUT2D eigenvalue weighted by atomic mass is 10.1. The third-order valence-electron chi connectivity index (χ3n) is 5.59. The maximum atomic E-state index is 13.2. The molecule has 2 aromatic carbocycles. The highest BCUT2D eigenvalue weighted by molar-refractivity contribution is 7.92. The Morgan fingerprint density at radius 3 is 2.19 bits per heavy atom. The van der Waals surface area contributed by atoms with Crippen molar-refractivity contribution in [3.05, 3.63) is 85.1 Å². The fraction of sp³-hybridized carbons (Fsp3) is 0.250. The van der Waals surface area contributed by atoms with Crippen molar-refractivity contribution in [1.29, 1.82) is 0 Å². The van der Waals surface area contributed by atoms with Gasteiger partial charge in [0.15, 0.2) is 6.61 Å². The minimum absolute atomic E-state index is 0.0492. The van der Waals surface area contributed by atoms with Crippen LogP contribution in [0.1, 0.15) is 37.4 Å². The summed E-state index contributed by atoms with van der Waals surface area (Å²) < 4.78 is 35.4. The van der Waals surface area contributed by atoms with E-state index in [-0.39, 0.29) is 22.0 Å². The van der Waals surface area contributed by atoms with E-state index in [4.69, 9.17) is 10.5 Å². The molecule has 3 aromatic rings. The molecule has 0 radical (unpaired) electrons. The van der Waals surface area contributed by atoms with Crippen molar-refractivity contribution in [1.82, 2.24) is 9.13 Å². The van der Waals surface area contributed by atoms with E-state index in [9.17, 15) is 27.6 Å². The molecule has 0 spiro atoms. The quantitative estimate of drug-likeness (QED) is 0.354. The van der Waals surface area contributed by atoms with Crippen LogP contribution in [-0.2, 0) is 28.9 Å². The number of nitrogens with zero attached hydrogens (tertiary/aromatic N) is 2. The molecule has 3 rings (SSSR count). The van der Waals surface area contributed by atoms with E-state index in [2.05, 4.69) is 4.72 Å². The second kappa shape index (κ2) is 9.82. The van der Waals surface area contributed by atoms with Crippen LogP contribution in [0.3, 0.4) is 0 Å². The summed E-state index contributed by atoms with van der Waals surface area (Å²) in [4.78, 5) is 49.8. The zero-order valence-corrected chi connectivity index (χ0v) is 21.2. The first-order valence-electron chi connectivity index (χ1n) is 10.7. The summed E-state index contributed by atoms with van der Waals surface area (Å²) in [5.74, 6) is -2.28. The van der Waals surface area contributed by atoms with Gasteiger partial charge in [-0.3, -0.25) is 23.4 Å². The largest absolute Gasteiger partial charge is 0.454 e. The predicted octanol–water partition coefficient (Wildman–Crippen LogP) is 1.43. The average Bonchev–Trinajstić information content (AvgIpc) is 2.79. The number of carbonyl (C=O) groups is 2. The first-order chi connectivity index (χ1) is 16.8. The Hall–Kier alpha value is -4.19. The lowest BCUT2D eigenvalue weighted by Gasteiger charge is -2.16. The van der Waals surface area contributed by atoms with E-state index >= 15 is 0 Å². The molecule has 12 heteroatoms. The maximum Gasteiger partial charge on any atom is 0.340 e. The number of nitrogens with two attached hydrogens (primary N) is 1. The molecular formula is C24H26N4O7S. The van der Waals surface area contributed by atoms with Gasteiger partial charge in [-0.2, -0.15) is 0 Å². The van der Waals surface area contributed by atoms with Crippen molar-refractivity contribution in [3.8, 4) is 0 Å². The number of para-hydroxylation sites is 1. The van der Waals surface area contributed by atoms with Crippen molar-refractivity contribution in [2.75, 3.05) is 17.1 Å². The molecule has 0 aliphatic heterocycles. The topological polar surface area (TPSA) is 160 Å². The van der Waals surface area contributed by atoms with Gasteiger partial charge in [0.2, 0.25) is 5.78 Å². The Morgan fingerprint density at radius 2 is 1.58 bits per heavy atom. The molecule has 0 aliphatic rings. The van der Waals surface area contributed by atoms with Gasteiger partial charge in [0, 0.05) is 14.1 Å². The summed E-state index contributed by atoms with van der Waals surface area (Å²) in [6.45, 7) is 4.36. The normalized spacial score (nSPS) is 11.2. The summed E-state index contributed by atoms with van der Waals surface area (Å²) in [6.07, 6.45) is 0. The minimum Gasteiger partial charge on any atom is -0.454 e. The average molecular weight is 515 g/mol. The van der Waals surface area contributed by atoms with Crippen LogP contribution in [0, 0.1) is 20.8 Å². The molecule has 0 aliphatic carbocycles. The molecule has 36 heavy (non-hydrogen) atoms. The van der Waals surface area contributed by atoms with Crippen LogP contribution in [0.15, 0.2) is 50.9 Å². The third-order valence-corrected chi connectivity index (χ3v) is 7.26. The van der Waals surface area contributed by atoms with Gasteiger partial charge in [0.05, 0.1) is 16.1 Å². The number of rotatable bonds is 7. The van der Waals surface area contributed by atoms with Crippen molar-refractivity contribution >= 4 is 33.3 Å². The number of ether oxygens (including phenoxy) is 1. The lowest BCUT2D eigenvalue weighted by Crippen LogP contribution is -2.42. The zero-order chi connectivity index (χ0) is 26.9. The molecule has 0 atom stereocenters. The molecule has 0 unspecified atom stereocenters. The van der Waals surface area contributed by atoms with Crippen molar-refractivity contribution in [3.63, 3.8) is 0 Å². The Balaban J connectivity index is 1.87. The fourth-order valence-electron chi connectivity index (χ4n) is 3.94. The molecular weight excluding hydrogens is 488 g/mol. The summed E-state index contributed by atoms with van der Waals surface area (Å²) in [6, 6.07) is 9.23. The number of aromatic nitrogens is 2. The second-order valence-electron chi connectivity index (χ2n) is 8.34. The van der Waals surface area contributed by atoms with Gasteiger partial charge in [0.25, 0.3) is 15.6 Å². The van der Waals surface area contributed by atoms with E-state index in [1.807, 2.05) is 6.92 Å². The molecule has 0 fully saturated rings. The summed E-state index contributed by atoms with van der Waals surface area (Å²) in [5.41, 5.74) is 5.44. The van der Waals surface area contributed by atoms with Gasteiger partial charge in [-0.15, -0.1) is 0 Å². The van der Waals surface area contributed by atoms with Crippen LogP contribution < -0.4 is 21.7 Å². The minimum atomic E-state index is -4.06. The molecule has 0 bridgehead atoms. The molecule has 0 saturated carbocycles. The number of esters is 1. The second-order valence-corrected chi connectivity index (χ2v) is 9.96. The number of hydrogen-bond donors (Lipinski definition) is 2. The predicted molar refractivity (Wildman–Crippen MR) is 134 cm³/mol. The number of nitrogens with one attached hydrogen (secondary N) is 1. The van der Waals surface area contributed by atoms with Crippen molar-refractivity contribution in [2.24, 2.45) is 14.1 Å². The Labute approximate surface area is 207 Å². The molecule has 1 heterocycles. The van der Waals surface area contributed by atoms with Gasteiger partial charge in [-0.25, -0.2) is 18.0 Å². The monoisotopic (exact) mass is 514 g/mol. The van der Waals surface area contributed by atoms with Gasteiger partial charge in [-0.1, -0.05) is 29.8 Å². The SMILES string of the molecule is Cc1cc(C)c(S(=O)(=O)Nc2ccccc2C(=O)OCC(=O)c2c(N)n(C)c(=O)n(C)c2=O)c(C)c1. The third kappa shape index (κ3) is 4.93. The van der Waals surface area contributed by atoms with Crippen LogP contribution in [0.4, 0.5) is 11.5 Å². The Kier molecular flexibility index (Phi) is 7.20. The number of carbonyl (C=O) groups excluding carboxylic acids is 2. The van der Waals surface area contributed by atoms with Crippen LogP contribution in [-0.4, -0.2) is 35.9 Å². The number of nitrogen functional groups attached to an aromatic ring is 1. The zero-order valence-electron chi connectivity index (χ0n) is 20.4. The highest BCUT2D eigenvalue weighted by Gasteiger charge is 2.25.